The number of hydrogen-bond acceptors (Lipinski definition) is 6. The van der Waals surface area contributed by atoms with Gasteiger partial charge < -0.3 is 9.73 Å². The number of sulfonamides is 1. The highest BCUT2D eigenvalue weighted by Crippen LogP contribution is 2.30. The maximum Gasteiger partial charge on any atom is 0.291 e. The van der Waals surface area contributed by atoms with Gasteiger partial charge in [-0.15, -0.1) is 0 Å². The van der Waals surface area contributed by atoms with E-state index in [9.17, 15) is 13.2 Å². The van der Waals surface area contributed by atoms with Crippen LogP contribution in [0.5, 0.6) is 0 Å². The molecule has 1 amide bonds. The van der Waals surface area contributed by atoms with Crippen LogP contribution in [-0.4, -0.2) is 19.3 Å². The summed E-state index contributed by atoms with van der Waals surface area (Å²) >= 11 is 1.18. The van der Waals surface area contributed by atoms with E-state index in [1.54, 1.807) is 54.6 Å². The molecule has 0 bridgehead atoms. The van der Waals surface area contributed by atoms with Gasteiger partial charge in [0.05, 0.1) is 21.4 Å². The van der Waals surface area contributed by atoms with Crippen LogP contribution in [0, 0.1) is 6.92 Å². The second-order valence-corrected chi connectivity index (χ2v) is 8.76. The van der Waals surface area contributed by atoms with E-state index < -0.39 is 10.0 Å². The third kappa shape index (κ3) is 3.75. The van der Waals surface area contributed by atoms with Gasteiger partial charge in [-0.05, 0) is 49.4 Å². The Balaban J connectivity index is 1.56. The lowest BCUT2D eigenvalue weighted by atomic mass is 10.2. The number of amides is 1. The number of aryl methyl sites for hydroxylation is 1. The van der Waals surface area contributed by atoms with Crippen LogP contribution in [0.2, 0.25) is 0 Å². The van der Waals surface area contributed by atoms with Crippen LogP contribution in [-0.2, 0) is 10.0 Å². The molecule has 28 heavy (non-hydrogen) atoms. The fraction of sp³-hybridized carbons (Fsp3) is 0.0526. The molecule has 0 spiro atoms. The lowest BCUT2D eigenvalue weighted by Gasteiger charge is -2.04. The molecule has 2 aromatic carbocycles. The first-order valence-electron chi connectivity index (χ1n) is 8.26. The van der Waals surface area contributed by atoms with E-state index in [1.807, 2.05) is 6.92 Å². The molecular weight excluding hydrogens is 398 g/mol. The van der Waals surface area contributed by atoms with Gasteiger partial charge in [0.15, 0.2) is 10.9 Å². The molecule has 0 atom stereocenters. The minimum absolute atomic E-state index is 0.170. The molecule has 0 fully saturated rings. The first kappa shape index (κ1) is 18.2. The van der Waals surface area contributed by atoms with Gasteiger partial charge in [-0.2, -0.15) is 0 Å². The third-order valence-corrected chi connectivity index (χ3v) is 6.36. The molecule has 2 aromatic heterocycles. The van der Waals surface area contributed by atoms with E-state index in [-0.39, 0.29) is 21.7 Å². The number of carbonyl (C=O) groups excluding carboxylic acids is 1. The molecule has 0 aliphatic rings. The van der Waals surface area contributed by atoms with Gasteiger partial charge in [0.1, 0.15) is 0 Å². The van der Waals surface area contributed by atoms with Crippen LogP contribution >= 0.6 is 11.3 Å². The normalized spacial score (nSPS) is 11.5. The monoisotopic (exact) mass is 413 g/mol. The first-order valence-corrected chi connectivity index (χ1v) is 10.6. The van der Waals surface area contributed by atoms with E-state index in [0.717, 1.165) is 10.3 Å². The van der Waals surface area contributed by atoms with E-state index in [1.165, 1.54) is 17.6 Å². The number of aromatic nitrogens is 1. The topological polar surface area (TPSA) is 101 Å². The van der Waals surface area contributed by atoms with Gasteiger partial charge in [0.25, 0.3) is 15.9 Å². The second kappa shape index (κ2) is 7.10. The summed E-state index contributed by atoms with van der Waals surface area (Å²) < 4.78 is 33.3. The Morgan fingerprint density at radius 1 is 1.11 bits per heavy atom. The number of furan rings is 1. The first-order chi connectivity index (χ1) is 13.4. The lowest BCUT2D eigenvalue weighted by molar-refractivity contribution is 0.0996. The molecule has 2 N–H and O–H groups in total. The second-order valence-electron chi connectivity index (χ2n) is 6.05. The van der Waals surface area contributed by atoms with Crippen molar-refractivity contribution in [3.63, 3.8) is 0 Å². The van der Waals surface area contributed by atoms with Crippen molar-refractivity contribution in [2.24, 2.45) is 0 Å². The number of fused-ring (bicyclic) bond motifs is 1. The Kier molecular flexibility index (Phi) is 4.62. The van der Waals surface area contributed by atoms with Crippen LogP contribution in [0.3, 0.4) is 0 Å². The highest BCUT2D eigenvalue weighted by molar-refractivity contribution is 7.93. The van der Waals surface area contributed by atoms with Crippen LogP contribution < -0.4 is 10.0 Å². The maximum absolute atomic E-state index is 12.5. The summed E-state index contributed by atoms with van der Waals surface area (Å²) in [5.41, 5.74) is 2.16. The molecule has 0 aliphatic heterocycles. The fourth-order valence-corrected chi connectivity index (χ4v) is 4.68. The van der Waals surface area contributed by atoms with E-state index in [2.05, 4.69) is 15.0 Å². The van der Waals surface area contributed by atoms with Gasteiger partial charge in [-0.25, -0.2) is 13.4 Å². The molecule has 2 heterocycles. The molecule has 9 heteroatoms. The van der Waals surface area contributed by atoms with Gasteiger partial charge in [-0.1, -0.05) is 29.0 Å². The molecule has 0 saturated carbocycles. The summed E-state index contributed by atoms with van der Waals surface area (Å²) in [6.45, 7) is 1.89. The van der Waals surface area contributed by atoms with Crippen molar-refractivity contribution in [3.8, 4) is 0 Å². The predicted octanol–water partition coefficient (Wildman–Crippen LogP) is 4.25. The smallest absolute Gasteiger partial charge is 0.291 e. The maximum atomic E-state index is 12.5. The Morgan fingerprint density at radius 3 is 2.61 bits per heavy atom. The SMILES string of the molecule is Cc1ccc(S(=O)(=O)Nc2nc3ccc(NC(=O)c4ccco4)cc3s2)cc1. The van der Waals surface area contributed by atoms with Crippen LogP contribution in [0.15, 0.2) is 70.2 Å². The van der Waals surface area contributed by atoms with Crippen molar-refractivity contribution in [3.05, 3.63) is 72.2 Å². The number of hydrogen-bond donors (Lipinski definition) is 2. The highest BCUT2D eigenvalue weighted by Gasteiger charge is 2.17. The zero-order valence-electron chi connectivity index (χ0n) is 14.7. The lowest BCUT2D eigenvalue weighted by Crippen LogP contribution is -2.12. The zero-order valence-corrected chi connectivity index (χ0v) is 16.3. The van der Waals surface area contributed by atoms with Crippen molar-refractivity contribution in [2.75, 3.05) is 10.0 Å². The van der Waals surface area contributed by atoms with Crippen LogP contribution in [0.4, 0.5) is 10.8 Å². The summed E-state index contributed by atoms with van der Waals surface area (Å²) in [6, 6.07) is 14.9. The van der Waals surface area contributed by atoms with E-state index in [4.69, 9.17) is 4.42 Å². The fourth-order valence-electron chi connectivity index (χ4n) is 2.54. The summed E-state index contributed by atoms with van der Waals surface area (Å²) in [5, 5.41) is 2.99. The highest BCUT2D eigenvalue weighted by atomic mass is 32.2. The van der Waals surface area contributed by atoms with Crippen LogP contribution in [0.25, 0.3) is 10.2 Å². The Labute approximate surface area is 165 Å². The van der Waals surface area contributed by atoms with Crippen molar-refractivity contribution < 1.29 is 17.6 Å². The molecular formula is C19H15N3O4S2. The minimum atomic E-state index is -3.72. The van der Waals surface area contributed by atoms with E-state index in [0.29, 0.717) is 11.2 Å². The number of benzene rings is 2. The Hall–Kier alpha value is -3.17. The number of rotatable bonds is 5. The number of nitrogens with one attached hydrogen (secondary N) is 2. The molecule has 0 radical (unpaired) electrons. The van der Waals surface area contributed by atoms with Crippen LogP contribution in [0.1, 0.15) is 16.1 Å². The predicted molar refractivity (Wildman–Crippen MR) is 108 cm³/mol. The zero-order chi connectivity index (χ0) is 19.7. The summed E-state index contributed by atoms with van der Waals surface area (Å²) in [6.07, 6.45) is 1.42. The number of thiazole rings is 1. The van der Waals surface area contributed by atoms with Crippen molar-refractivity contribution >= 4 is 48.3 Å². The molecule has 7 nitrogen and oxygen atoms in total. The Bertz CT molecular complexity index is 1240. The molecule has 4 rings (SSSR count). The summed E-state index contributed by atoms with van der Waals surface area (Å²) in [4.78, 5) is 16.6. The van der Waals surface area contributed by atoms with Gasteiger partial charge >= 0.3 is 0 Å². The molecule has 0 aliphatic carbocycles. The number of nitrogens with zero attached hydrogens (tertiary/aromatic N) is 1. The largest absolute Gasteiger partial charge is 0.459 e. The van der Waals surface area contributed by atoms with Crippen molar-refractivity contribution in [1.29, 1.82) is 0 Å². The average molecular weight is 413 g/mol. The molecule has 0 unspecified atom stereocenters. The standard InChI is InChI=1S/C19H15N3O4S2/c1-12-4-7-14(8-5-12)28(24,25)22-19-21-15-9-6-13(11-17(15)27-19)20-18(23)16-3-2-10-26-16/h2-11H,1H3,(H,20,23)(H,21,22). The summed E-state index contributed by atoms with van der Waals surface area (Å²) in [5.74, 6) is -0.162. The Morgan fingerprint density at radius 2 is 1.89 bits per heavy atom. The molecule has 142 valence electrons. The average Bonchev–Trinajstić information content (AvgIpc) is 3.30. The quantitative estimate of drug-likeness (QED) is 0.509. The minimum Gasteiger partial charge on any atom is -0.459 e. The number of anilines is 2. The van der Waals surface area contributed by atoms with Gasteiger partial charge in [0, 0.05) is 5.69 Å². The van der Waals surface area contributed by atoms with E-state index >= 15 is 0 Å². The number of carbonyl (C=O) groups is 1. The molecule has 0 saturated heterocycles. The molecule has 4 aromatic rings. The van der Waals surface area contributed by atoms with Gasteiger partial charge in [0.2, 0.25) is 0 Å². The third-order valence-electron chi connectivity index (χ3n) is 3.94. The van der Waals surface area contributed by atoms with Crippen molar-refractivity contribution in [1.82, 2.24) is 4.98 Å². The van der Waals surface area contributed by atoms with Crippen molar-refractivity contribution in [2.45, 2.75) is 11.8 Å². The van der Waals surface area contributed by atoms with Gasteiger partial charge in [-0.3, -0.25) is 9.52 Å². The summed E-state index contributed by atoms with van der Waals surface area (Å²) in [7, 11) is -3.72.